The predicted molar refractivity (Wildman–Crippen MR) is 135 cm³/mol. The molecule has 0 bridgehead atoms. The standard InChI is InChI=1S/C20H32N6S2.HI/c1-3-21-19(23-14-12-17-10-7-15-28-17)22-13-6-11-18-24-25-20(27-2)26(18)16-8-4-5-9-16;/h7,10,15-16H,3-6,8-9,11-14H2,1-2H3,(H2,21,22,23);1H. The number of guanidine groups is 1. The van der Waals surface area contributed by atoms with E-state index in [0.29, 0.717) is 6.04 Å². The molecule has 1 fully saturated rings. The van der Waals surface area contributed by atoms with E-state index in [0.717, 1.165) is 55.8 Å². The fourth-order valence-corrected chi connectivity index (χ4v) is 4.96. The molecule has 2 aromatic heterocycles. The summed E-state index contributed by atoms with van der Waals surface area (Å²) in [5.74, 6) is 2.03. The number of nitrogens with zero attached hydrogens (tertiary/aromatic N) is 4. The Morgan fingerprint density at radius 2 is 2.10 bits per heavy atom. The van der Waals surface area contributed by atoms with Crippen LogP contribution < -0.4 is 10.6 Å². The van der Waals surface area contributed by atoms with Gasteiger partial charge in [-0.15, -0.1) is 45.5 Å². The van der Waals surface area contributed by atoms with E-state index in [-0.39, 0.29) is 24.0 Å². The van der Waals surface area contributed by atoms with Gasteiger partial charge in [0, 0.05) is 37.0 Å². The quantitative estimate of drug-likeness (QED) is 0.150. The first-order chi connectivity index (χ1) is 13.8. The summed E-state index contributed by atoms with van der Waals surface area (Å²) in [6.07, 6.45) is 10.2. The van der Waals surface area contributed by atoms with Crippen molar-refractivity contribution in [1.82, 2.24) is 25.4 Å². The molecule has 0 atom stereocenters. The topological polar surface area (TPSA) is 67.1 Å². The van der Waals surface area contributed by atoms with E-state index in [2.05, 4.69) is 56.1 Å². The molecule has 0 amide bonds. The van der Waals surface area contributed by atoms with Crippen molar-refractivity contribution >= 4 is 53.0 Å². The van der Waals surface area contributed by atoms with Crippen molar-refractivity contribution in [3.8, 4) is 0 Å². The number of hydrogen-bond donors (Lipinski definition) is 2. The van der Waals surface area contributed by atoms with Crippen molar-refractivity contribution in [2.24, 2.45) is 4.99 Å². The Bertz CT molecular complexity index is 725. The van der Waals surface area contributed by atoms with Crippen molar-refractivity contribution < 1.29 is 0 Å². The Balaban J connectivity index is 0.00000300. The highest BCUT2D eigenvalue weighted by molar-refractivity contribution is 14.0. The van der Waals surface area contributed by atoms with Crippen LogP contribution in [0.5, 0.6) is 0 Å². The lowest BCUT2D eigenvalue weighted by molar-refractivity contribution is 0.461. The number of aromatic nitrogens is 3. The van der Waals surface area contributed by atoms with Gasteiger partial charge in [0.2, 0.25) is 0 Å². The molecule has 0 unspecified atom stereocenters. The highest BCUT2D eigenvalue weighted by Crippen LogP contribution is 2.33. The van der Waals surface area contributed by atoms with Gasteiger partial charge in [0.15, 0.2) is 11.1 Å². The molecule has 162 valence electrons. The second-order valence-corrected chi connectivity index (χ2v) is 8.84. The number of nitrogens with one attached hydrogen (secondary N) is 2. The third kappa shape index (κ3) is 7.43. The van der Waals surface area contributed by atoms with Crippen LogP contribution in [0.25, 0.3) is 0 Å². The van der Waals surface area contributed by atoms with E-state index in [4.69, 9.17) is 4.99 Å². The van der Waals surface area contributed by atoms with Gasteiger partial charge in [0.25, 0.3) is 0 Å². The normalized spacial score (nSPS) is 14.8. The van der Waals surface area contributed by atoms with E-state index in [1.165, 1.54) is 30.6 Å². The highest BCUT2D eigenvalue weighted by atomic mass is 127. The molecule has 1 saturated carbocycles. The fraction of sp³-hybridized carbons (Fsp3) is 0.650. The minimum Gasteiger partial charge on any atom is -0.357 e. The van der Waals surface area contributed by atoms with Crippen molar-refractivity contribution in [1.29, 1.82) is 0 Å². The Morgan fingerprint density at radius 3 is 2.79 bits per heavy atom. The Hall–Kier alpha value is -0.810. The lowest BCUT2D eigenvalue weighted by Crippen LogP contribution is -2.38. The van der Waals surface area contributed by atoms with Crippen molar-refractivity contribution in [2.45, 2.75) is 63.1 Å². The van der Waals surface area contributed by atoms with E-state index in [1.807, 2.05) is 0 Å². The van der Waals surface area contributed by atoms with Crippen LogP contribution in [-0.4, -0.2) is 46.6 Å². The average molecular weight is 549 g/mol. The molecule has 3 rings (SSSR count). The van der Waals surface area contributed by atoms with Crippen LogP contribution in [-0.2, 0) is 12.8 Å². The summed E-state index contributed by atoms with van der Waals surface area (Å²) in [4.78, 5) is 6.14. The summed E-state index contributed by atoms with van der Waals surface area (Å²) in [6, 6.07) is 4.87. The molecular weight excluding hydrogens is 515 g/mol. The molecule has 0 aliphatic heterocycles. The van der Waals surface area contributed by atoms with Gasteiger partial charge in [-0.3, -0.25) is 4.99 Å². The lowest BCUT2D eigenvalue weighted by Gasteiger charge is -2.16. The van der Waals surface area contributed by atoms with E-state index in [1.54, 1.807) is 23.1 Å². The minimum atomic E-state index is 0. The number of halogens is 1. The van der Waals surface area contributed by atoms with Crippen LogP contribution in [0.2, 0.25) is 0 Å². The smallest absolute Gasteiger partial charge is 0.191 e. The summed E-state index contributed by atoms with van der Waals surface area (Å²) >= 11 is 3.51. The number of aryl methyl sites for hydroxylation is 1. The second kappa shape index (κ2) is 13.5. The van der Waals surface area contributed by atoms with Crippen LogP contribution in [0, 0.1) is 0 Å². The second-order valence-electron chi connectivity index (χ2n) is 7.03. The van der Waals surface area contributed by atoms with Gasteiger partial charge in [-0.05, 0) is 50.3 Å². The van der Waals surface area contributed by atoms with Gasteiger partial charge in [-0.25, -0.2) is 0 Å². The predicted octanol–water partition coefficient (Wildman–Crippen LogP) is 4.53. The molecule has 6 nitrogen and oxygen atoms in total. The van der Waals surface area contributed by atoms with E-state index >= 15 is 0 Å². The molecule has 9 heteroatoms. The molecule has 2 aromatic rings. The maximum absolute atomic E-state index is 4.74. The highest BCUT2D eigenvalue weighted by Gasteiger charge is 2.23. The molecule has 1 aliphatic rings. The molecule has 1 aliphatic carbocycles. The zero-order chi connectivity index (χ0) is 19.6. The fourth-order valence-electron chi connectivity index (χ4n) is 3.67. The number of hydrogen-bond acceptors (Lipinski definition) is 5. The van der Waals surface area contributed by atoms with Crippen LogP contribution in [0.15, 0.2) is 27.7 Å². The van der Waals surface area contributed by atoms with Gasteiger partial charge in [0.1, 0.15) is 5.82 Å². The van der Waals surface area contributed by atoms with Crippen molar-refractivity contribution in [2.75, 3.05) is 25.9 Å². The van der Waals surface area contributed by atoms with Gasteiger partial charge >= 0.3 is 0 Å². The number of thioether (sulfide) groups is 1. The average Bonchev–Trinajstić information content (AvgIpc) is 3.46. The van der Waals surface area contributed by atoms with Crippen LogP contribution in [0.3, 0.4) is 0 Å². The summed E-state index contributed by atoms with van der Waals surface area (Å²) in [5.41, 5.74) is 0. The molecule has 2 N–H and O–H groups in total. The lowest BCUT2D eigenvalue weighted by atomic mass is 10.2. The first kappa shape index (κ1) is 24.5. The summed E-state index contributed by atoms with van der Waals surface area (Å²) < 4.78 is 2.39. The van der Waals surface area contributed by atoms with Gasteiger partial charge in [-0.1, -0.05) is 30.7 Å². The summed E-state index contributed by atoms with van der Waals surface area (Å²) in [6.45, 7) is 4.67. The summed E-state index contributed by atoms with van der Waals surface area (Å²) in [7, 11) is 0. The molecule has 0 radical (unpaired) electrons. The van der Waals surface area contributed by atoms with Gasteiger partial charge < -0.3 is 15.2 Å². The van der Waals surface area contributed by atoms with Crippen LogP contribution in [0.4, 0.5) is 0 Å². The molecule has 0 aromatic carbocycles. The van der Waals surface area contributed by atoms with Crippen molar-refractivity contribution in [3.63, 3.8) is 0 Å². The largest absolute Gasteiger partial charge is 0.357 e. The number of thiophene rings is 1. The monoisotopic (exact) mass is 548 g/mol. The maximum Gasteiger partial charge on any atom is 0.191 e. The van der Waals surface area contributed by atoms with Crippen LogP contribution >= 0.6 is 47.1 Å². The molecule has 0 spiro atoms. The van der Waals surface area contributed by atoms with E-state index in [9.17, 15) is 0 Å². The molecular formula is C20H33IN6S2. The molecule has 29 heavy (non-hydrogen) atoms. The SMILES string of the molecule is CCNC(=NCCCc1nnc(SC)n1C1CCCC1)NCCc1cccs1.I. The Labute approximate surface area is 199 Å². The minimum absolute atomic E-state index is 0. The number of rotatable bonds is 10. The Kier molecular flexibility index (Phi) is 11.4. The first-order valence-corrected chi connectivity index (χ1v) is 12.4. The third-order valence-corrected chi connectivity index (χ3v) is 6.60. The van der Waals surface area contributed by atoms with Crippen LogP contribution in [0.1, 0.15) is 55.8 Å². The molecule has 0 saturated heterocycles. The van der Waals surface area contributed by atoms with E-state index < -0.39 is 0 Å². The Morgan fingerprint density at radius 1 is 1.28 bits per heavy atom. The first-order valence-electron chi connectivity index (χ1n) is 10.3. The van der Waals surface area contributed by atoms with Crippen molar-refractivity contribution in [3.05, 3.63) is 28.2 Å². The number of aliphatic imine (C=N–C) groups is 1. The zero-order valence-corrected chi connectivity index (χ0v) is 21.4. The van der Waals surface area contributed by atoms with Gasteiger partial charge in [0.05, 0.1) is 0 Å². The third-order valence-electron chi connectivity index (χ3n) is 5.02. The van der Waals surface area contributed by atoms with Gasteiger partial charge in [-0.2, -0.15) is 0 Å². The summed E-state index contributed by atoms with van der Waals surface area (Å²) in [5, 5.41) is 18.8. The maximum atomic E-state index is 4.74. The zero-order valence-electron chi connectivity index (χ0n) is 17.4. The molecule has 2 heterocycles.